The van der Waals surface area contributed by atoms with E-state index in [9.17, 15) is 24.0 Å². The van der Waals surface area contributed by atoms with Crippen molar-refractivity contribution in [2.24, 2.45) is 11.8 Å². The lowest BCUT2D eigenvalue weighted by Gasteiger charge is -2.45. The van der Waals surface area contributed by atoms with Gasteiger partial charge in [0.1, 0.15) is 23.5 Å². The zero-order valence-electron chi connectivity index (χ0n) is 23.4. The lowest BCUT2D eigenvalue weighted by atomic mass is 9.76. The van der Waals surface area contributed by atoms with Crippen molar-refractivity contribution in [3.63, 3.8) is 0 Å². The van der Waals surface area contributed by atoms with Crippen molar-refractivity contribution in [1.29, 1.82) is 5.26 Å². The Balaban J connectivity index is 1.20. The van der Waals surface area contributed by atoms with E-state index in [1.807, 2.05) is 9.80 Å². The predicted molar refractivity (Wildman–Crippen MR) is 143 cm³/mol. The van der Waals surface area contributed by atoms with Crippen LogP contribution in [0.15, 0.2) is 24.3 Å². The van der Waals surface area contributed by atoms with Crippen LogP contribution in [-0.4, -0.2) is 81.5 Å². The minimum Gasteiger partial charge on any atom is -0.444 e. The minimum absolute atomic E-state index is 0.0168. The highest BCUT2D eigenvalue weighted by molar-refractivity contribution is 5.89. The molecule has 1 N–H and O–H groups in total. The van der Waals surface area contributed by atoms with E-state index in [-0.39, 0.29) is 48.3 Å². The minimum atomic E-state index is -0.926. The second kappa shape index (κ2) is 10.0. The molecular weight excluding hydrogens is 513 g/mol. The number of nitriles is 1. The first-order valence-corrected chi connectivity index (χ1v) is 14.6. The second-order valence-electron chi connectivity index (χ2n) is 13.2. The van der Waals surface area contributed by atoms with Crippen LogP contribution < -0.4 is 5.32 Å². The van der Waals surface area contributed by atoms with Crippen molar-refractivity contribution in [3.8, 4) is 6.07 Å². The first-order valence-electron chi connectivity index (χ1n) is 14.6. The van der Waals surface area contributed by atoms with Crippen molar-refractivity contribution in [2.75, 3.05) is 13.1 Å². The van der Waals surface area contributed by atoms with Gasteiger partial charge in [-0.15, -0.1) is 0 Å². The number of halogens is 1. The number of piperidine rings is 1. The number of piperazine rings is 1. The maximum absolute atomic E-state index is 13.8. The highest BCUT2D eigenvalue weighted by Crippen LogP contribution is 2.49. The van der Waals surface area contributed by atoms with E-state index in [2.05, 4.69) is 11.4 Å². The SMILES string of the molecule is CC(C)(C)OC(=O)N[C@@H](CN1C[C@H]2C[C@@H]1C(=O)N2[C@H](c1ccc(F)cc1)C1CCC1)C(=O)N1[C@H](C#N)C[C@@H]2C[C@@H]21. The summed E-state index contributed by atoms with van der Waals surface area (Å²) in [4.78, 5) is 46.1. The molecule has 1 aromatic rings. The molecule has 3 saturated heterocycles. The number of fused-ring (bicyclic) bond motifs is 3. The average molecular weight is 552 g/mol. The number of ether oxygens (including phenoxy) is 1. The molecule has 2 saturated carbocycles. The van der Waals surface area contributed by atoms with Gasteiger partial charge in [0.25, 0.3) is 0 Å². The molecule has 0 unspecified atom stereocenters. The van der Waals surface area contributed by atoms with Gasteiger partial charge < -0.3 is 19.9 Å². The smallest absolute Gasteiger partial charge is 0.408 e. The van der Waals surface area contributed by atoms with Crippen molar-refractivity contribution in [1.82, 2.24) is 20.0 Å². The lowest BCUT2D eigenvalue weighted by molar-refractivity contribution is -0.143. The van der Waals surface area contributed by atoms with Gasteiger partial charge in [0, 0.05) is 25.2 Å². The van der Waals surface area contributed by atoms with Gasteiger partial charge in [-0.3, -0.25) is 14.5 Å². The highest BCUT2D eigenvalue weighted by atomic mass is 19.1. The summed E-state index contributed by atoms with van der Waals surface area (Å²) in [6, 6.07) is 6.90. The molecule has 5 aliphatic rings. The molecule has 214 valence electrons. The molecule has 3 amide bonds. The summed E-state index contributed by atoms with van der Waals surface area (Å²) in [6.07, 6.45) is 4.74. The molecule has 3 aliphatic heterocycles. The average Bonchev–Trinajstić information content (AvgIpc) is 3.18. The van der Waals surface area contributed by atoms with Crippen LogP contribution in [0.4, 0.5) is 9.18 Å². The number of hydrogen-bond acceptors (Lipinski definition) is 6. The molecule has 0 radical (unpaired) electrons. The van der Waals surface area contributed by atoms with E-state index in [1.54, 1.807) is 37.8 Å². The molecule has 0 aromatic heterocycles. The van der Waals surface area contributed by atoms with Gasteiger partial charge in [-0.25, -0.2) is 9.18 Å². The van der Waals surface area contributed by atoms with E-state index in [1.165, 1.54) is 12.1 Å². The van der Waals surface area contributed by atoms with Crippen LogP contribution in [-0.2, 0) is 14.3 Å². The Labute approximate surface area is 234 Å². The van der Waals surface area contributed by atoms with E-state index >= 15 is 0 Å². The molecule has 6 rings (SSSR count). The fourth-order valence-electron chi connectivity index (χ4n) is 7.27. The van der Waals surface area contributed by atoms with Crippen LogP contribution >= 0.6 is 0 Å². The van der Waals surface area contributed by atoms with Crippen molar-refractivity contribution in [2.45, 2.75) is 101 Å². The summed E-state index contributed by atoms with van der Waals surface area (Å²) in [6.45, 7) is 6.05. The molecule has 5 fully saturated rings. The predicted octanol–water partition coefficient (Wildman–Crippen LogP) is 3.36. The Morgan fingerprint density at radius 3 is 2.50 bits per heavy atom. The zero-order valence-corrected chi connectivity index (χ0v) is 23.4. The number of nitrogens with one attached hydrogen (secondary N) is 1. The van der Waals surface area contributed by atoms with Crippen LogP contribution in [0.1, 0.15) is 70.9 Å². The monoisotopic (exact) mass is 551 g/mol. The zero-order chi connectivity index (χ0) is 28.3. The van der Waals surface area contributed by atoms with E-state index < -0.39 is 23.8 Å². The van der Waals surface area contributed by atoms with E-state index in [0.717, 1.165) is 31.2 Å². The lowest BCUT2D eigenvalue weighted by Crippen LogP contribution is -2.60. The van der Waals surface area contributed by atoms with Crippen molar-refractivity contribution < 1.29 is 23.5 Å². The third-order valence-electron chi connectivity index (χ3n) is 9.34. The Bertz CT molecular complexity index is 1220. The number of hydrogen-bond donors (Lipinski definition) is 1. The van der Waals surface area contributed by atoms with Crippen molar-refractivity contribution >= 4 is 17.9 Å². The highest BCUT2D eigenvalue weighted by Gasteiger charge is 2.57. The van der Waals surface area contributed by atoms with E-state index in [4.69, 9.17) is 4.74 Å². The van der Waals surface area contributed by atoms with Gasteiger partial charge in [-0.05, 0) is 82.4 Å². The van der Waals surface area contributed by atoms with Crippen LogP contribution in [0.5, 0.6) is 0 Å². The standard InChI is InChI=1S/C30H38FN5O4/c1-30(2,3)40-29(39)33-23(27(37)35-21(14-32)11-19-12-24(19)35)16-34-15-22-13-25(34)28(38)36(22)26(17-5-4-6-17)18-7-9-20(31)10-8-18/h7-10,17,19,21-26H,4-6,11-13,15-16H2,1-3H3,(H,33,39)/t19-,21+,22-,23+,24+,25-,26+/m1/s1. The quantitative estimate of drug-likeness (QED) is 0.557. The number of carbonyl (C=O) groups is 3. The van der Waals surface area contributed by atoms with Gasteiger partial charge in [0.05, 0.1) is 18.2 Å². The third-order valence-corrected chi connectivity index (χ3v) is 9.34. The van der Waals surface area contributed by atoms with Gasteiger partial charge in [-0.1, -0.05) is 18.6 Å². The fourth-order valence-corrected chi connectivity index (χ4v) is 7.27. The summed E-state index contributed by atoms with van der Waals surface area (Å²) >= 11 is 0. The molecule has 1 aromatic carbocycles. The van der Waals surface area contributed by atoms with Crippen molar-refractivity contribution in [3.05, 3.63) is 35.6 Å². The number of benzene rings is 1. The molecule has 9 nitrogen and oxygen atoms in total. The van der Waals surface area contributed by atoms with Crippen LogP contribution in [0.2, 0.25) is 0 Å². The topological polar surface area (TPSA) is 106 Å². The Morgan fingerprint density at radius 2 is 1.90 bits per heavy atom. The number of nitrogens with zero attached hydrogens (tertiary/aromatic N) is 4. The number of rotatable bonds is 7. The number of alkyl carbamates (subject to hydrolysis) is 1. The summed E-state index contributed by atoms with van der Waals surface area (Å²) in [5.41, 5.74) is 0.232. The second-order valence-corrected chi connectivity index (χ2v) is 13.2. The maximum atomic E-state index is 13.8. The molecular formula is C30H38FN5O4. The molecule has 7 atom stereocenters. The molecule has 40 heavy (non-hydrogen) atoms. The molecule has 10 heteroatoms. The van der Waals surface area contributed by atoms with Crippen LogP contribution in [0, 0.1) is 29.0 Å². The van der Waals surface area contributed by atoms with Gasteiger partial charge >= 0.3 is 6.09 Å². The first kappa shape index (κ1) is 27.0. The molecule has 2 bridgehead atoms. The normalized spacial score (nSPS) is 30.9. The summed E-state index contributed by atoms with van der Waals surface area (Å²) < 4.78 is 19.1. The number of amides is 3. The van der Waals surface area contributed by atoms with Crippen LogP contribution in [0.3, 0.4) is 0 Å². The fraction of sp³-hybridized carbons (Fsp3) is 0.667. The van der Waals surface area contributed by atoms with Crippen LogP contribution in [0.25, 0.3) is 0 Å². The molecule has 0 spiro atoms. The molecule has 2 aliphatic carbocycles. The largest absolute Gasteiger partial charge is 0.444 e. The van der Waals surface area contributed by atoms with E-state index in [0.29, 0.717) is 31.2 Å². The number of likely N-dealkylation sites (tertiary alicyclic amines) is 3. The Kier molecular flexibility index (Phi) is 6.76. The van der Waals surface area contributed by atoms with Gasteiger partial charge in [0.2, 0.25) is 11.8 Å². The summed E-state index contributed by atoms with van der Waals surface area (Å²) in [7, 11) is 0. The molecule has 3 heterocycles. The summed E-state index contributed by atoms with van der Waals surface area (Å²) in [5, 5.41) is 12.4. The van der Waals surface area contributed by atoms with Gasteiger partial charge in [0.15, 0.2) is 0 Å². The number of carbonyl (C=O) groups excluding carboxylic acids is 3. The Morgan fingerprint density at radius 1 is 1.18 bits per heavy atom. The maximum Gasteiger partial charge on any atom is 0.408 e. The summed E-state index contributed by atoms with van der Waals surface area (Å²) in [5.74, 6) is 0.157. The first-order chi connectivity index (χ1) is 19.0. The third kappa shape index (κ3) is 4.93. The van der Waals surface area contributed by atoms with Gasteiger partial charge in [-0.2, -0.15) is 5.26 Å². The Hall–Kier alpha value is -3.19.